The van der Waals surface area contributed by atoms with Crippen LogP contribution in [0.4, 0.5) is 24.0 Å². The lowest BCUT2D eigenvalue weighted by Crippen LogP contribution is -2.43. The molecule has 5 rings (SSSR count). The Bertz CT molecular complexity index is 1550. The Kier molecular flexibility index (Phi) is 7.29. The molecule has 0 fully saturated rings. The van der Waals surface area contributed by atoms with Crippen molar-refractivity contribution in [2.24, 2.45) is 5.41 Å². The highest BCUT2D eigenvalue weighted by Crippen LogP contribution is 2.49. The van der Waals surface area contributed by atoms with Crippen molar-refractivity contribution in [1.29, 1.82) is 0 Å². The average molecular weight is 589 g/mol. The van der Waals surface area contributed by atoms with Crippen LogP contribution in [0, 0.1) is 15.5 Å². The minimum absolute atomic E-state index is 0.0710. The second-order valence-corrected chi connectivity index (χ2v) is 12.7. The highest BCUT2D eigenvalue weighted by atomic mass is 32.2. The van der Waals surface area contributed by atoms with Gasteiger partial charge in [0.25, 0.3) is 5.69 Å². The molecule has 2 aromatic carbocycles. The van der Waals surface area contributed by atoms with Gasteiger partial charge in [0.1, 0.15) is 0 Å². The quantitative estimate of drug-likeness (QED) is 0.133. The summed E-state index contributed by atoms with van der Waals surface area (Å²) in [7, 11) is 0. The summed E-state index contributed by atoms with van der Waals surface area (Å²) in [6.45, 7) is 3.87. The van der Waals surface area contributed by atoms with E-state index in [4.69, 9.17) is 0 Å². The number of non-ortho nitro benzene ring substituents is 1. The number of carbonyl (C=O) groups is 2. The van der Waals surface area contributed by atoms with Crippen molar-refractivity contribution >= 4 is 45.6 Å². The number of nitrogens with zero attached hydrogens (tertiary/aromatic N) is 4. The molecule has 2 heterocycles. The number of halogens is 3. The fraction of sp³-hybridized carbons (Fsp3) is 0.333. The van der Waals surface area contributed by atoms with E-state index in [9.17, 15) is 32.9 Å². The van der Waals surface area contributed by atoms with E-state index in [1.165, 1.54) is 34.9 Å². The van der Waals surface area contributed by atoms with Crippen LogP contribution in [-0.2, 0) is 21.5 Å². The van der Waals surface area contributed by atoms with Gasteiger partial charge in [-0.15, -0.1) is 10.2 Å². The van der Waals surface area contributed by atoms with Crippen molar-refractivity contribution in [1.82, 2.24) is 10.2 Å². The van der Waals surface area contributed by atoms with E-state index in [-0.39, 0.29) is 41.1 Å². The first-order valence-electron chi connectivity index (χ1n) is 12.3. The van der Waals surface area contributed by atoms with Gasteiger partial charge in [-0.3, -0.25) is 24.6 Å². The zero-order valence-electron chi connectivity index (χ0n) is 21.4. The Balaban J connectivity index is 1.46. The lowest BCUT2D eigenvalue weighted by atomic mass is 9.69. The molecule has 8 nitrogen and oxygen atoms in total. The normalized spacial score (nSPS) is 19.1. The number of thioether (sulfide) groups is 1. The van der Waals surface area contributed by atoms with Crippen LogP contribution in [0.5, 0.6) is 0 Å². The largest absolute Gasteiger partial charge is 0.416 e. The van der Waals surface area contributed by atoms with Gasteiger partial charge in [-0.1, -0.05) is 67.3 Å². The Morgan fingerprint density at radius 1 is 1.12 bits per heavy atom. The predicted octanol–water partition coefficient (Wildman–Crippen LogP) is 6.92. The molecule has 1 aromatic heterocycles. The van der Waals surface area contributed by atoms with Crippen molar-refractivity contribution in [2.45, 2.75) is 55.3 Å². The maximum absolute atomic E-state index is 13.6. The van der Waals surface area contributed by atoms with Crippen LogP contribution >= 0.6 is 23.1 Å². The van der Waals surface area contributed by atoms with E-state index in [1.807, 2.05) is 13.8 Å². The number of benzene rings is 2. The average Bonchev–Trinajstić information content (AvgIpc) is 3.34. The third-order valence-electron chi connectivity index (χ3n) is 6.83. The number of anilines is 1. The highest BCUT2D eigenvalue weighted by molar-refractivity contribution is 8.00. The van der Waals surface area contributed by atoms with Crippen LogP contribution in [0.3, 0.4) is 0 Å². The smallest absolute Gasteiger partial charge is 0.294 e. The minimum Gasteiger partial charge on any atom is -0.294 e. The summed E-state index contributed by atoms with van der Waals surface area (Å²) >= 11 is 2.32. The van der Waals surface area contributed by atoms with Crippen molar-refractivity contribution in [3.63, 3.8) is 0 Å². The van der Waals surface area contributed by atoms with Crippen molar-refractivity contribution in [3.05, 3.63) is 86.6 Å². The fourth-order valence-corrected chi connectivity index (χ4v) is 6.94. The predicted molar refractivity (Wildman–Crippen MR) is 144 cm³/mol. The van der Waals surface area contributed by atoms with E-state index in [2.05, 4.69) is 10.2 Å². The summed E-state index contributed by atoms with van der Waals surface area (Å²) in [5, 5.41) is 20.0. The summed E-state index contributed by atoms with van der Waals surface area (Å²) < 4.78 is 39.7. The molecular formula is C27H23F3N4O4S2. The Morgan fingerprint density at radius 2 is 1.88 bits per heavy atom. The first kappa shape index (κ1) is 28.0. The number of alkyl halides is 3. The Labute approximate surface area is 235 Å². The molecule has 2 aliphatic rings. The number of nitro groups is 1. The lowest BCUT2D eigenvalue weighted by molar-refractivity contribution is -0.384. The minimum atomic E-state index is -4.44. The summed E-state index contributed by atoms with van der Waals surface area (Å²) in [6, 6.07) is 11.0. The molecule has 0 spiro atoms. The Morgan fingerprint density at radius 3 is 2.60 bits per heavy atom. The van der Waals surface area contributed by atoms with E-state index in [0.29, 0.717) is 33.2 Å². The lowest BCUT2D eigenvalue weighted by Gasteiger charge is -2.41. The molecule has 1 unspecified atom stereocenters. The molecule has 1 atom stereocenters. The summed E-state index contributed by atoms with van der Waals surface area (Å²) in [6.07, 6.45) is -3.83. The molecule has 0 saturated heterocycles. The second-order valence-electron chi connectivity index (χ2n) is 10.5. The van der Waals surface area contributed by atoms with Gasteiger partial charge in [0, 0.05) is 47.9 Å². The molecule has 13 heteroatoms. The molecule has 0 radical (unpaired) electrons. The molecular weight excluding hydrogens is 565 g/mol. The van der Waals surface area contributed by atoms with Crippen LogP contribution in [0.1, 0.15) is 55.7 Å². The number of carbonyl (C=O) groups excluding carboxylic acids is 2. The molecule has 0 N–H and O–H groups in total. The van der Waals surface area contributed by atoms with Gasteiger partial charge in [0.15, 0.2) is 10.1 Å². The number of rotatable bonds is 6. The molecule has 208 valence electrons. The van der Waals surface area contributed by atoms with Crippen LogP contribution in [0.2, 0.25) is 0 Å². The third-order valence-corrected chi connectivity index (χ3v) is 8.94. The standard InChI is InChI=1S/C27H23F3N4O4S2/c1-26(2)12-20-23(21(35)13-26)19(16-6-4-8-18(10-16)34(37)38)11-22(36)33(20)24-31-32-25(40-24)39-14-15-5-3-7-17(9-15)27(28,29)30/h3-10,19H,11-14H2,1-2H3. The third kappa shape index (κ3) is 5.66. The summed E-state index contributed by atoms with van der Waals surface area (Å²) in [5.74, 6) is -0.832. The number of Topliss-reactive ketones (excluding diaryl/α,β-unsaturated/α-hetero) is 1. The number of ketones is 1. The molecule has 1 amide bonds. The van der Waals surface area contributed by atoms with Crippen LogP contribution in [0.15, 0.2) is 64.1 Å². The first-order chi connectivity index (χ1) is 18.8. The van der Waals surface area contributed by atoms with Gasteiger partial charge in [-0.2, -0.15) is 13.2 Å². The number of hydrogen-bond donors (Lipinski definition) is 0. The monoisotopic (exact) mass is 588 g/mol. The number of hydrogen-bond acceptors (Lipinski definition) is 8. The summed E-state index contributed by atoms with van der Waals surface area (Å²) in [5.41, 5.74) is 0.680. The number of amides is 1. The van der Waals surface area contributed by atoms with Crippen molar-refractivity contribution in [3.8, 4) is 0 Å². The molecule has 3 aromatic rings. The number of allylic oxidation sites excluding steroid dienone is 2. The molecule has 0 saturated carbocycles. The molecule has 0 bridgehead atoms. The van der Waals surface area contributed by atoms with Gasteiger partial charge in [-0.25, -0.2) is 0 Å². The van der Waals surface area contributed by atoms with E-state index in [1.54, 1.807) is 18.2 Å². The SMILES string of the molecule is CC1(C)CC(=O)C2=C(C1)N(c1nnc(SCc3cccc(C(F)(F)F)c3)s1)C(=O)CC2c1cccc([N+](=O)[O-])c1. The Hall–Kier alpha value is -3.58. The van der Waals surface area contributed by atoms with Gasteiger partial charge in [0.2, 0.25) is 11.0 Å². The molecule has 1 aliphatic carbocycles. The van der Waals surface area contributed by atoms with Crippen molar-refractivity contribution in [2.75, 3.05) is 4.90 Å². The van der Waals surface area contributed by atoms with Gasteiger partial charge < -0.3 is 0 Å². The fourth-order valence-electron chi connectivity index (χ4n) is 5.11. The van der Waals surface area contributed by atoms with Gasteiger partial charge in [0.05, 0.1) is 10.5 Å². The first-order valence-corrected chi connectivity index (χ1v) is 14.1. The maximum atomic E-state index is 13.6. The highest BCUT2D eigenvalue weighted by Gasteiger charge is 2.45. The van der Waals surface area contributed by atoms with E-state index < -0.39 is 28.0 Å². The number of nitro benzene ring substituents is 1. The molecule has 40 heavy (non-hydrogen) atoms. The van der Waals surface area contributed by atoms with Gasteiger partial charge >= 0.3 is 6.18 Å². The van der Waals surface area contributed by atoms with Crippen molar-refractivity contribution < 1.29 is 27.7 Å². The van der Waals surface area contributed by atoms with Crippen LogP contribution in [-0.4, -0.2) is 26.8 Å². The maximum Gasteiger partial charge on any atom is 0.416 e. The number of aromatic nitrogens is 2. The topological polar surface area (TPSA) is 106 Å². The van der Waals surface area contributed by atoms with Crippen LogP contribution < -0.4 is 4.90 Å². The van der Waals surface area contributed by atoms with Gasteiger partial charge in [-0.05, 0) is 29.0 Å². The van der Waals surface area contributed by atoms with E-state index >= 15 is 0 Å². The second kappa shape index (κ2) is 10.4. The zero-order chi connectivity index (χ0) is 28.8. The van der Waals surface area contributed by atoms with E-state index in [0.717, 1.165) is 23.5 Å². The summed E-state index contributed by atoms with van der Waals surface area (Å²) in [4.78, 5) is 39.3. The van der Waals surface area contributed by atoms with Crippen LogP contribution in [0.25, 0.3) is 0 Å². The molecule has 1 aliphatic heterocycles. The zero-order valence-corrected chi connectivity index (χ0v) is 23.0.